The zero-order valence-electron chi connectivity index (χ0n) is 20.6. The standard InChI is InChI=1S/C29H26N2O6/c1-4-37-19-9-7-8-18(15-19)31-26(21-16-30-22-11-6-5-10-20(21)22)25(28(33)29(31)34)27(32)17-12-13-23(35-2)24(14-17)36-3/h5-16,26,30,32H,4H2,1-3H3/b27-25+. The van der Waals surface area contributed by atoms with Crippen molar-refractivity contribution in [3.63, 3.8) is 0 Å². The largest absolute Gasteiger partial charge is 0.507 e. The van der Waals surface area contributed by atoms with Gasteiger partial charge in [0.1, 0.15) is 11.5 Å². The molecule has 1 saturated heterocycles. The van der Waals surface area contributed by atoms with E-state index in [-0.39, 0.29) is 11.3 Å². The lowest BCUT2D eigenvalue weighted by Gasteiger charge is -2.25. The molecule has 1 fully saturated rings. The number of aliphatic hydroxyl groups excluding tert-OH is 1. The third-order valence-corrected chi connectivity index (χ3v) is 6.42. The molecule has 1 amide bonds. The molecule has 0 spiro atoms. The van der Waals surface area contributed by atoms with Crippen molar-refractivity contribution in [2.24, 2.45) is 0 Å². The number of aliphatic hydroxyl groups is 1. The predicted molar refractivity (Wildman–Crippen MR) is 140 cm³/mol. The Hall–Kier alpha value is -4.72. The number of carbonyl (C=O) groups is 2. The van der Waals surface area contributed by atoms with Gasteiger partial charge in [0.25, 0.3) is 11.7 Å². The van der Waals surface area contributed by atoms with Crippen LogP contribution < -0.4 is 19.1 Å². The summed E-state index contributed by atoms with van der Waals surface area (Å²) in [6, 6.07) is 18.5. The van der Waals surface area contributed by atoms with Crippen LogP contribution in [0, 0.1) is 0 Å². The van der Waals surface area contributed by atoms with Crippen molar-refractivity contribution in [2.45, 2.75) is 13.0 Å². The zero-order valence-corrected chi connectivity index (χ0v) is 20.6. The van der Waals surface area contributed by atoms with Crippen LogP contribution in [0.2, 0.25) is 0 Å². The van der Waals surface area contributed by atoms with E-state index in [9.17, 15) is 14.7 Å². The Kier molecular flexibility index (Phi) is 6.31. The van der Waals surface area contributed by atoms with Crippen LogP contribution in [0.15, 0.2) is 78.5 Å². The number of methoxy groups -OCH3 is 2. The number of fused-ring (bicyclic) bond motifs is 1. The minimum Gasteiger partial charge on any atom is -0.507 e. The van der Waals surface area contributed by atoms with E-state index in [1.807, 2.05) is 31.2 Å². The summed E-state index contributed by atoms with van der Waals surface area (Å²) in [6.45, 7) is 2.32. The van der Waals surface area contributed by atoms with Crippen LogP contribution in [0.1, 0.15) is 24.1 Å². The Morgan fingerprint density at radius 1 is 0.973 bits per heavy atom. The third kappa shape index (κ3) is 4.06. The highest BCUT2D eigenvalue weighted by atomic mass is 16.5. The molecule has 8 nitrogen and oxygen atoms in total. The molecule has 37 heavy (non-hydrogen) atoms. The lowest BCUT2D eigenvalue weighted by Crippen LogP contribution is -2.29. The SMILES string of the molecule is CCOc1cccc(N2C(=O)C(=O)/C(=C(/O)c3ccc(OC)c(OC)c3)C2c2c[nH]c3ccccc23)c1. The molecule has 5 rings (SSSR count). The number of benzene rings is 3. The first-order chi connectivity index (χ1) is 18.0. The zero-order chi connectivity index (χ0) is 26.1. The number of Topliss-reactive ketones (excluding diaryl/α,β-unsaturated/α-hetero) is 1. The highest BCUT2D eigenvalue weighted by molar-refractivity contribution is 6.52. The Morgan fingerprint density at radius 2 is 1.76 bits per heavy atom. The monoisotopic (exact) mass is 498 g/mol. The van der Waals surface area contributed by atoms with Gasteiger partial charge in [-0.05, 0) is 43.3 Å². The number of carbonyl (C=O) groups excluding carboxylic acids is 2. The van der Waals surface area contributed by atoms with Crippen molar-refractivity contribution in [1.82, 2.24) is 4.98 Å². The summed E-state index contributed by atoms with van der Waals surface area (Å²) < 4.78 is 16.3. The summed E-state index contributed by atoms with van der Waals surface area (Å²) in [6.07, 6.45) is 1.77. The van der Waals surface area contributed by atoms with Crippen LogP contribution in [0.25, 0.3) is 16.7 Å². The number of rotatable bonds is 7. The number of nitrogens with zero attached hydrogens (tertiary/aromatic N) is 1. The van der Waals surface area contributed by atoms with E-state index in [1.54, 1.807) is 48.7 Å². The maximum atomic E-state index is 13.5. The van der Waals surface area contributed by atoms with Crippen molar-refractivity contribution >= 4 is 34.0 Å². The summed E-state index contributed by atoms with van der Waals surface area (Å²) in [5, 5.41) is 12.3. The first-order valence-electron chi connectivity index (χ1n) is 11.8. The second kappa shape index (κ2) is 9.73. The fourth-order valence-corrected chi connectivity index (χ4v) is 4.74. The number of aromatic amines is 1. The van der Waals surface area contributed by atoms with Crippen LogP contribution >= 0.6 is 0 Å². The highest BCUT2D eigenvalue weighted by Crippen LogP contribution is 2.45. The lowest BCUT2D eigenvalue weighted by molar-refractivity contribution is -0.132. The highest BCUT2D eigenvalue weighted by Gasteiger charge is 2.47. The molecule has 1 aromatic heterocycles. The molecule has 1 aliphatic heterocycles. The summed E-state index contributed by atoms with van der Waals surface area (Å²) in [4.78, 5) is 31.7. The molecule has 0 aliphatic carbocycles. The number of anilines is 1. The molecule has 4 aromatic rings. The van der Waals surface area contributed by atoms with Gasteiger partial charge in [-0.25, -0.2) is 0 Å². The van der Waals surface area contributed by atoms with Crippen molar-refractivity contribution in [1.29, 1.82) is 0 Å². The van der Waals surface area contributed by atoms with E-state index in [4.69, 9.17) is 14.2 Å². The van der Waals surface area contributed by atoms with Gasteiger partial charge >= 0.3 is 0 Å². The van der Waals surface area contributed by atoms with Crippen LogP contribution in [0.4, 0.5) is 5.69 Å². The van der Waals surface area contributed by atoms with Crippen molar-refractivity contribution in [2.75, 3.05) is 25.7 Å². The fourth-order valence-electron chi connectivity index (χ4n) is 4.74. The molecule has 188 valence electrons. The number of ether oxygens (including phenoxy) is 3. The molecule has 2 N–H and O–H groups in total. The maximum Gasteiger partial charge on any atom is 0.300 e. The number of ketones is 1. The Bertz CT molecular complexity index is 1540. The van der Waals surface area contributed by atoms with Crippen molar-refractivity contribution in [3.05, 3.63) is 89.6 Å². The smallest absolute Gasteiger partial charge is 0.300 e. The second-order valence-corrected chi connectivity index (χ2v) is 8.46. The molecule has 1 aliphatic rings. The molecule has 0 bridgehead atoms. The summed E-state index contributed by atoms with van der Waals surface area (Å²) in [7, 11) is 2.99. The number of hydrogen-bond donors (Lipinski definition) is 2. The average molecular weight is 499 g/mol. The van der Waals surface area contributed by atoms with Crippen LogP contribution in [0.5, 0.6) is 17.2 Å². The predicted octanol–water partition coefficient (Wildman–Crippen LogP) is 5.21. The van der Waals surface area contributed by atoms with Gasteiger partial charge < -0.3 is 24.3 Å². The van der Waals surface area contributed by atoms with Gasteiger partial charge in [0, 0.05) is 40.0 Å². The van der Waals surface area contributed by atoms with Gasteiger partial charge in [-0.2, -0.15) is 0 Å². The Labute approximate surface area is 213 Å². The van der Waals surface area contributed by atoms with Gasteiger partial charge in [0.05, 0.1) is 32.4 Å². The lowest BCUT2D eigenvalue weighted by atomic mass is 9.94. The number of amides is 1. The van der Waals surface area contributed by atoms with E-state index in [0.717, 1.165) is 10.9 Å². The van der Waals surface area contributed by atoms with Crippen LogP contribution in [-0.2, 0) is 9.59 Å². The molecule has 3 aromatic carbocycles. The number of aromatic nitrogens is 1. The topological polar surface area (TPSA) is 101 Å². The average Bonchev–Trinajstić information content (AvgIpc) is 3.46. The van der Waals surface area contributed by atoms with Crippen LogP contribution in [-0.4, -0.2) is 42.6 Å². The molecule has 0 radical (unpaired) electrons. The minimum atomic E-state index is -0.888. The number of nitrogens with one attached hydrogen (secondary N) is 1. The van der Waals surface area contributed by atoms with E-state index >= 15 is 0 Å². The summed E-state index contributed by atoms with van der Waals surface area (Å²) in [5.41, 5.74) is 2.30. The normalized spacial score (nSPS) is 16.8. The van der Waals surface area contributed by atoms with Gasteiger partial charge in [0.2, 0.25) is 0 Å². The second-order valence-electron chi connectivity index (χ2n) is 8.46. The molecule has 1 unspecified atom stereocenters. The van der Waals surface area contributed by atoms with Crippen molar-refractivity contribution < 1.29 is 28.9 Å². The van der Waals surface area contributed by atoms with Gasteiger partial charge in [-0.1, -0.05) is 24.3 Å². The number of para-hydroxylation sites is 1. The molecular weight excluding hydrogens is 472 g/mol. The van der Waals surface area contributed by atoms with E-state index < -0.39 is 17.7 Å². The van der Waals surface area contributed by atoms with Gasteiger partial charge in [0.15, 0.2) is 11.5 Å². The third-order valence-electron chi connectivity index (χ3n) is 6.42. The quantitative estimate of drug-likeness (QED) is 0.206. The fraction of sp³-hybridized carbons (Fsp3) is 0.172. The Morgan fingerprint density at radius 3 is 2.51 bits per heavy atom. The summed E-state index contributed by atoms with van der Waals surface area (Å²) in [5.74, 6) is -0.415. The number of H-pyrrole nitrogens is 1. The first-order valence-corrected chi connectivity index (χ1v) is 11.8. The van der Waals surface area contributed by atoms with Gasteiger partial charge in [-0.15, -0.1) is 0 Å². The maximum absolute atomic E-state index is 13.5. The van der Waals surface area contributed by atoms with Gasteiger partial charge in [-0.3, -0.25) is 14.5 Å². The minimum absolute atomic E-state index is 0.0243. The molecule has 2 heterocycles. The van der Waals surface area contributed by atoms with E-state index in [2.05, 4.69) is 4.98 Å². The van der Waals surface area contributed by atoms with E-state index in [0.29, 0.717) is 40.7 Å². The van der Waals surface area contributed by atoms with Crippen LogP contribution in [0.3, 0.4) is 0 Å². The number of hydrogen-bond acceptors (Lipinski definition) is 6. The Balaban J connectivity index is 1.75. The summed E-state index contributed by atoms with van der Waals surface area (Å²) >= 11 is 0. The molecule has 1 atom stereocenters. The molecular formula is C29H26N2O6. The first kappa shape index (κ1) is 24.0. The molecule has 8 heteroatoms. The van der Waals surface area contributed by atoms with Crippen molar-refractivity contribution in [3.8, 4) is 17.2 Å². The molecule has 0 saturated carbocycles. The van der Waals surface area contributed by atoms with E-state index in [1.165, 1.54) is 19.1 Å².